The van der Waals surface area contributed by atoms with Crippen molar-refractivity contribution in [2.24, 2.45) is 0 Å². The van der Waals surface area contributed by atoms with Gasteiger partial charge in [-0.2, -0.15) is 13.2 Å². The molecule has 1 aliphatic heterocycles. The van der Waals surface area contributed by atoms with Crippen molar-refractivity contribution in [2.45, 2.75) is 12.6 Å². The fourth-order valence-corrected chi connectivity index (χ4v) is 2.49. The van der Waals surface area contributed by atoms with Gasteiger partial charge in [0, 0.05) is 24.2 Å². The lowest BCUT2D eigenvalue weighted by Crippen LogP contribution is -2.36. The summed E-state index contributed by atoms with van der Waals surface area (Å²) in [5.41, 5.74) is 5.32. The zero-order valence-electron chi connectivity index (χ0n) is 10.7. The van der Waals surface area contributed by atoms with Gasteiger partial charge in [0.1, 0.15) is 0 Å². The number of benzene rings is 1. The average Bonchev–Trinajstić information content (AvgIpc) is 2.42. The second-order valence-electron chi connectivity index (χ2n) is 4.58. The van der Waals surface area contributed by atoms with E-state index in [2.05, 4.69) is 0 Å². The Balaban J connectivity index is 2.18. The Bertz CT molecular complexity index is 591. The van der Waals surface area contributed by atoms with E-state index in [0.29, 0.717) is 0 Å². The number of nitrogen functional groups attached to an aromatic ring is 1. The smallest absolute Gasteiger partial charge is 0.396 e. The largest absolute Gasteiger partial charge is 0.412 e. The number of hydrogen-bond acceptors (Lipinski definition) is 2. The van der Waals surface area contributed by atoms with Crippen molar-refractivity contribution in [2.75, 3.05) is 18.8 Å². The minimum Gasteiger partial charge on any atom is -0.396 e. The highest BCUT2D eigenvalue weighted by molar-refractivity contribution is 6.39. The molecule has 0 unspecified atom stereocenters. The molecule has 21 heavy (non-hydrogen) atoms. The first-order valence-corrected chi connectivity index (χ1v) is 6.75. The summed E-state index contributed by atoms with van der Waals surface area (Å²) in [5, 5.41) is 0.267. The lowest BCUT2D eigenvalue weighted by molar-refractivity contribution is -0.0957. The van der Waals surface area contributed by atoms with Crippen molar-refractivity contribution in [1.82, 2.24) is 4.90 Å². The van der Waals surface area contributed by atoms with Gasteiger partial charge in [-0.15, -0.1) is 0 Å². The third kappa shape index (κ3) is 3.44. The minimum atomic E-state index is -4.34. The van der Waals surface area contributed by atoms with Crippen molar-refractivity contribution in [3.05, 3.63) is 39.4 Å². The molecule has 3 nitrogen and oxygen atoms in total. The van der Waals surface area contributed by atoms with E-state index >= 15 is 0 Å². The maximum Gasteiger partial charge on any atom is 0.412 e. The number of anilines is 1. The molecule has 0 saturated carbocycles. The predicted octanol–water partition coefficient (Wildman–Crippen LogP) is 3.91. The molecule has 0 aliphatic carbocycles. The van der Waals surface area contributed by atoms with Gasteiger partial charge >= 0.3 is 6.18 Å². The van der Waals surface area contributed by atoms with Crippen LogP contribution in [0.3, 0.4) is 0 Å². The molecule has 1 amide bonds. The Labute approximate surface area is 129 Å². The molecule has 114 valence electrons. The Kier molecular flexibility index (Phi) is 4.39. The molecule has 0 saturated heterocycles. The highest BCUT2D eigenvalue weighted by Crippen LogP contribution is 2.32. The summed E-state index contributed by atoms with van der Waals surface area (Å²) in [6.45, 7) is -0.114. The fourth-order valence-electron chi connectivity index (χ4n) is 2.00. The molecule has 0 atom stereocenters. The SMILES string of the molecule is Nc1c(Cl)cc(C(=O)N2CC=C(C(F)(F)F)CC2)cc1Cl. The summed E-state index contributed by atoms with van der Waals surface area (Å²) < 4.78 is 37.6. The molecule has 1 heterocycles. The highest BCUT2D eigenvalue weighted by atomic mass is 35.5. The number of alkyl halides is 3. The zero-order chi connectivity index (χ0) is 15.8. The number of hydrogen-bond donors (Lipinski definition) is 1. The zero-order valence-corrected chi connectivity index (χ0v) is 12.2. The summed E-state index contributed by atoms with van der Waals surface area (Å²) in [5.74, 6) is -0.434. The van der Waals surface area contributed by atoms with Gasteiger partial charge < -0.3 is 10.6 Å². The van der Waals surface area contributed by atoms with Crippen LogP contribution in [0.25, 0.3) is 0 Å². The van der Waals surface area contributed by atoms with Crippen molar-refractivity contribution >= 4 is 34.8 Å². The van der Waals surface area contributed by atoms with Gasteiger partial charge in [0.05, 0.1) is 15.7 Å². The van der Waals surface area contributed by atoms with Crippen molar-refractivity contribution in [1.29, 1.82) is 0 Å². The first kappa shape index (κ1) is 16.0. The number of nitrogens with zero attached hydrogens (tertiary/aromatic N) is 1. The van der Waals surface area contributed by atoms with Crippen molar-refractivity contribution in [3.63, 3.8) is 0 Å². The summed E-state index contributed by atoms with van der Waals surface area (Å²) >= 11 is 11.7. The fraction of sp³-hybridized carbons (Fsp3) is 0.308. The first-order valence-electron chi connectivity index (χ1n) is 6.00. The molecule has 2 rings (SSSR count). The molecule has 0 fully saturated rings. The van der Waals surface area contributed by atoms with Crippen LogP contribution >= 0.6 is 23.2 Å². The van der Waals surface area contributed by atoms with Gasteiger partial charge in [-0.3, -0.25) is 4.79 Å². The average molecular weight is 339 g/mol. The molecule has 1 aromatic carbocycles. The van der Waals surface area contributed by atoms with Gasteiger partial charge in [0.25, 0.3) is 5.91 Å². The molecule has 0 aromatic heterocycles. The van der Waals surface area contributed by atoms with Gasteiger partial charge in [-0.25, -0.2) is 0 Å². The van der Waals surface area contributed by atoms with E-state index in [0.717, 1.165) is 6.08 Å². The van der Waals surface area contributed by atoms with Crippen LogP contribution in [-0.4, -0.2) is 30.1 Å². The molecule has 0 bridgehead atoms. The van der Waals surface area contributed by atoms with E-state index < -0.39 is 17.7 Å². The third-order valence-corrected chi connectivity index (χ3v) is 3.81. The summed E-state index contributed by atoms with van der Waals surface area (Å²) in [6, 6.07) is 2.71. The number of amides is 1. The summed E-state index contributed by atoms with van der Waals surface area (Å²) in [4.78, 5) is 13.5. The van der Waals surface area contributed by atoms with E-state index in [-0.39, 0.29) is 40.8 Å². The Hall–Kier alpha value is -1.40. The molecule has 0 spiro atoms. The van der Waals surface area contributed by atoms with Gasteiger partial charge in [-0.05, 0) is 18.6 Å². The minimum absolute atomic E-state index is 0.0101. The summed E-state index contributed by atoms with van der Waals surface area (Å²) in [6.07, 6.45) is -3.56. The maximum atomic E-state index is 12.5. The molecule has 8 heteroatoms. The standard InChI is InChI=1S/C13H11Cl2F3N2O/c14-9-5-7(6-10(15)11(9)19)12(21)20-3-1-8(2-4-20)13(16,17)18/h1,5-6H,2-4,19H2. The second-order valence-corrected chi connectivity index (χ2v) is 5.40. The van der Waals surface area contributed by atoms with E-state index in [1.807, 2.05) is 0 Å². The topological polar surface area (TPSA) is 46.3 Å². The molecular formula is C13H11Cl2F3N2O. The van der Waals surface area contributed by atoms with Crippen LogP contribution in [0, 0.1) is 0 Å². The third-order valence-electron chi connectivity index (χ3n) is 3.19. The van der Waals surface area contributed by atoms with Crippen LogP contribution < -0.4 is 5.73 Å². The molecule has 2 N–H and O–H groups in total. The number of rotatable bonds is 1. The van der Waals surface area contributed by atoms with Crippen LogP contribution in [0.15, 0.2) is 23.8 Å². The van der Waals surface area contributed by atoms with E-state index in [1.165, 1.54) is 17.0 Å². The molecule has 1 aliphatic rings. The Morgan fingerprint density at radius 3 is 2.24 bits per heavy atom. The molecule has 1 aromatic rings. The van der Waals surface area contributed by atoms with E-state index in [9.17, 15) is 18.0 Å². The molecular weight excluding hydrogens is 328 g/mol. The lowest BCUT2D eigenvalue weighted by atomic mass is 10.1. The monoisotopic (exact) mass is 338 g/mol. The van der Waals surface area contributed by atoms with Gasteiger partial charge in [0.2, 0.25) is 0 Å². The van der Waals surface area contributed by atoms with Crippen LogP contribution in [0.4, 0.5) is 18.9 Å². The number of nitrogens with two attached hydrogens (primary N) is 1. The predicted molar refractivity (Wildman–Crippen MR) is 75.5 cm³/mol. The molecule has 0 radical (unpaired) electrons. The number of carbonyl (C=O) groups is 1. The number of carbonyl (C=O) groups excluding carboxylic acids is 1. The van der Waals surface area contributed by atoms with E-state index in [1.54, 1.807) is 0 Å². The second kappa shape index (κ2) is 5.77. The quantitative estimate of drug-likeness (QED) is 0.623. The number of halogens is 5. The summed E-state index contributed by atoms with van der Waals surface area (Å²) in [7, 11) is 0. The lowest BCUT2D eigenvalue weighted by Gasteiger charge is -2.27. The normalized spacial score (nSPS) is 15.9. The van der Waals surface area contributed by atoms with Crippen LogP contribution in [0.2, 0.25) is 10.0 Å². The highest BCUT2D eigenvalue weighted by Gasteiger charge is 2.35. The van der Waals surface area contributed by atoms with Crippen LogP contribution in [-0.2, 0) is 0 Å². The van der Waals surface area contributed by atoms with E-state index in [4.69, 9.17) is 28.9 Å². The van der Waals surface area contributed by atoms with Gasteiger partial charge in [-0.1, -0.05) is 29.3 Å². The maximum absolute atomic E-state index is 12.5. The van der Waals surface area contributed by atoms with Crippen LogP contribution in [0.5, 0.6) is 0 Å². The Morgan fingerprint density at radius 2 is 1.81 bits per heavy atom. The van der Waals surface area contributed by atoms with Crippen molar-refractivity contribution in [3.8, 4) is 0 Å². The van der Waals surface area contributed by atoms with Crippen LogP contribution in [0.1, 0.15) is 16.8 Å². The van der Waals surface area contributed by atoms with Gasteiger partial charge in [0.15, 0.2) is 0 Å². The first-order chi connectivity index (χ1) is 9.70. The van der Waals surface area contributed by atoms with Crippen molar-refractivity contribution < 1.29 is 18.0 Å². The Morgan fingerprint density at radius 1 is 1.24 bits per heavy atom.